The number of carbonyl (C=O) groups is 1. The lowest BCUT2D eigenvalue weighted by Crippen LogP contribution is -2.37. The van der Waals surface area contributed by atoms with Crippen molar-refractivity contribution in [2.45, 2.75) is 26.4 Å². The Kier molecular flexibility index (Phi) is 3.67. The molecule has 96 valence electrons. The number of aryl methyl sites for hydroxylation is 1. The summed E-state index contributed by atoms with van der Waals surface area (Å²) in [6.07, 6.45) is 0. The van der Waals surface area contributed by atoms with Crippen LogP contribution in [0.25, 0.3) is 10.9 Å². The second-order valence-electron chi connectivity index (χ2n) is 4.58. The average molecular weight is 246 g/mol. The van der Waals surface area contributed by atoms with Gasteiger partial charge in [0.05, 0.1) is 6.61 Å². The van der Waals surface area contributed by atoms with E-state index in [0.29, 0.717) is 0 Å². The van der Waals surface area contributed by atoms with Crippen LogP contribution in [0.5, 0.6) is 0 Å². The maximum absolute atomic E-state index is 11.8. The summed E-state index contributed by atoms with van der Waals surface area (Å²) in [4.78, 5) is 11.8. The van der Waals surface area contributed by atoms with Crippen molar-refractivity contribution >= 4 is 16.8 Å². The Bertz CT molecular complexity index is 560. The Labute approximate surface area is 106 Å². The van der Waals surface area contributed by atoms with Crippen LogP contribution in [0.3, 0.4) is 0 Å². The smallest absolute Gasteiger partial charge is 0.240 e. The third-order valence-electron chi connectivity index (χ3n) is 3.00. The van der Waals surface area contributed by atoms with Gasteiger partial charge in [-0.1, -0.05) is 18.2 Å². The van der Waals surface area contributed by atoms with E-state index in [9.17, 15) is 4.79 Å². The number of amides is 1. The van der Waals surface area contributed by atoms with E-state index < -0.39 is 0 Å². The van der Waals surface area contributed by atoms with Crippen molar-refractivity contribution in [3.05, 3.63) is 36.0 Å². The van der Waals surface area contributed by atoms with E-state index in [-0.39, 0.29) is 25.1 Å². The van der Waals surface area contributed by atoms with Crippen molar-refractivity contribution in [2.75, 3.05) is 6.61 Å². The molecule has 2 aromatic rings. The third-order valence-corrected chi connectivity index (χ3v) is 3.00. The minimum absolute atomic E-state index is 0.0445. The lowest BCUT2D eigenvalue weighted by atomic mass is 10.2. The molecule has 4 nitrogen and oxygen atoms in total. The number of aromatic nitrogens is 1. The van der Waals surface area contributed by atoms with E-state index in [4.69, 9.17) is 5.11 Å². The van der Waals surface area contributed by atoms with Crippen LogP contribution < -0.4 is 5.32 Å². The number of aliphatic hydroxyl groups is 1. The predicted octanol–water partition coefficient (Wildman–Crippen LogP) is 1.45. The molecule has 0 aliphatic rings. The maximum Gasteiger partial charge on any atom is 0.240 e. The summed E-state index contributed by atoms with van der Waals surface area (Å²) in [5, 5.41) is 12.8. The molecule has 4 heteroatoms. The summed E-state index contributed by atoms with van der Waals surface area (Å²) >= 11 is 0. The van der Waals surface area contributed by atoms with Gasteiger partial charge in [-0.25, -0.2) is 0 Å². The Morgan fingerprint density at radius 3 is 2.89 bits per heavy atom. The number of rotatable bonds is 4. The zero-order valence-electron chi connectivity index (χ0n) is 10.7. The molecule has 0 saturated carbocycles. The number of hydrogen-bond donors (Lipinski definition) is 2. The lowest BCUT2D eigenvalue weighted by molar-refractivity contribution is -0.122. The number of carbonyl (C=O) groups excluding carboxylic acids is 1. The highest BCUT2D eigenvalue weighted by Gasteiger charge is 2.10. The van der Waals surface area contributed by atoms with Gasteiger partial charge in [-0.3, -0.25) is 4.79 Å². The van der Waals surface area contributed by atoms with Gasteiger partial charge in [-0.15, -0.1) is 0 Å². The molecule has 0 saturated heterocycles. The van der Waals surface area contributed by atoms with Crippen LogP contribution in [0.15, 0.2) is 30.3 Å². The summed E-state index contributed by atoms with van der Waals surface area (Å²) in [7, 11) is 0. The van der Waals surface area contributed by atoms with E-state index in [2.05, 4.69) is 11.4 Å². The molecule has 2 rings (SSSR count). The molecule has 1 aromatic heterocycles. The van der Waals surface area contributed by atoms with Crippen molar-refractivity contribution in [1.82, 2.24) is 9.88 Å². The van der Waals surface area contributed by atoms with E-state index in [0.717, 1.165) is 16.6 Å². The fraction of sp³-hybridized carbons (Fsp3) is 0.357. The minimum atomic E-state index is -0.209. The summed E-state index contributed by atoms with van der Waals surface area (Å²) in [6, 6.07) is 9.85. The van der Waals surface area contributed by atoms with E-state index in [1.807, 2.05) is 35.8 Å². The minimum Gasteiger partial charge on any atom is -0.394 e. The van der Waals surface area contributed by atoms with Gasteiger partial charge in [-0.05, 0) is 31.4 Å². The molecule has 18 heavy (non-hydrogen) atoms. The second-order valence-corrected chi connectivity index (χ2v) is 4.58. The number of nitrogens with zero attached hydrogens (tertiary/aromatic N) is 1. The third kappa shape index (κ3) is 2.54. The van der Waals surface area contributed by atoms with E-state index in [1.165, 1.54) is 0 Å². The topological polar surface area (TPSA) is 54.3 Å². The Morgan fingerprint density at radius 2 is 2.17 bits per heavy atom. The monoisotopic (exact) mass is 246 g/mol. The van der Waals surface area contributed by atoms with Crippen molar-refractivity contribution in [3.8, 4) is 0 Å². The average Bonchev–Trinajstić information content (AvgIpc) is 2.66. The van der Waals surface area contributed by atoms with Gasteiger partial charge in [-0.2, -0.15) is 0 Å². The van der Waals surface area contributed by atoms with Crippen LogP contribution in [0.1, 0.15) is 12.6 Å². The lowest BCUT2D eigenvalue weighted by Gasteiger charge is -2.13. The molecule has 0 unspecified atom stereocenters. The normalized spacial score (nSPS) is 12.6. The number of benzene rings is 1. The summed E-state index contributed by atoms with van der Waals surface area (Å²) < 4.78 is 1.98. The van der Waals surface area contributed by atoms with Gasteiger partial charge in [0.1, 0.15) is 6.54 Å². The fourth-order valence-electron chi connectivity index (χ4n) is 2.07. The van der Waals surface area contributed by atoms with Gasteiger partial charge < -0.3 is 15.0 Å². The Morgan fingerprint density at radius 1 is 1.44 bits per heavy atom. The first kappa shape index (κ1) is 12.6. The molecule has 1 amide bonds. The molecular formula is C14H18N2O2. The van der Waals surface area contributed by atoms with Crippen LogP contribution in [-0.2, 0) is 11.3 Å². The van der Waals surface area contributed by atoms with Crippen molar-refractivity contribution < 1.29 is 9.90 Å². The predicted molar refractivity (Wildman–Crippen MR) is 71.4 cm³/mol. The quantitative estimate of drug-likeness (QED) is 0.858. The molecule has 0 radical (unpaired) electrons. The molecule has 2 N–H and O–H groups in total. The highest BCUT2D eigenvalue weighted by molar-refractivity contribution is 5.84. The van der Waals surface area contributed by atoms with Crippen molar-refractivity contribution in [2.24, 2.45) is 0 Å². The summed E-state index contributed by atoms with van der Waals surface area (Å²) in [5.41, 5.74) is 2.12. The zero-order valence-corrected chi connectivity index (χ0v) is 10.7. The molecule has 1 atom stereocenters. The van der Waals surface area contributed by atoms with Crippen molar-refractivity contribution in [3.63, 3.8) is 0 Å². The highest BCUT2D eigenvalue weighted by Crippen LogP contribution is 2.18. The molecular weight excluding hydrogens is 228 g/mol. The molecule has 0 aliphatic carbocycles. The number of nitrogens with one attached hydrogen (secondary N) is 1. The molecule has 0 aliphatic heterocycles. The largest absolute Gasteiger partial charge is 0.394 e. The SMILES string of the molecule is Cc1cc2ccccc2n1CC(=O)N[C@@H](C)CO. The van der Waals surface area contributed by atoms with Crippen LogP contribution in [0, 0.1) is 6.92 Å². The number of para-hydroxylation sites is 1. The molecule has 0 bridgehead atoms. The second kappa shape index (κ2) is 5.23. The van der Waals surface area contributed by atoms with Gasteiger partial charge in [0, 0.05) is 17.3 Å². The number of aliphatic hydroxyl groups excluding tert-OH is 1. The first-order valence-electron chi connectivity index (χ1n) is 6.07. The Hall–Kier alpha value is -1.81. The van der Waals surface area contributed by atoms with E-state index >= 15 is 0 Å². The number of fused-ring (bicyclic) bond motifs is 1. The van der Waals surface area contributed by atoms with Gasteiger partial charge in [0.15, 0.2) is 0 Å². The standard InChI is InChI=1S/C14H18N2O2/c1-10(9-17)15-14(18)8-16-11(2)7-12-5-3-4-6-13(12)16/h3-7,10,17H,8-9H2,1-2H3,(H,15,18)/t10-/m0/s1. The zero-order chi connectivity index (χ0) is 13.1. The van der Waals surface area contributed by atoms with Crippen LogP contribution in [0.4, 0.5) is 0 Å². The van der Waals surface area contributed by atoms with Gasteiger partial charge in [0.25, 0.3) is 0 Å². The number of hydrogen-bond acceptors (Lipinski definition) is 2. The van der Waals surface area contributed by atoms with Gasteiger partial charge >= 0.3 is 0 Å². The van der Waals surface area contributed by atoms with Crippen molar-refractivity contribution in [1.29, 1.82) is 0 Å². The van der Waals surface area contributed by atoms with Crippen LogP contribution >= 0.6 is 0 Å². The summed E-state index contributed by atoms with van der Waals surface area (Å²) in [5.74, 6) is -0.0824. The van der Waals surface area contributed by atoms with Crippen LogP contribution in [-0.4, -0.2) is 28.2 Å². The first-order valence-corrected chi connectivity index (χ1v) is 6.07. The van der Waals surface area contributed by atoms with Crippen LogP contribution in [0.2, 0.25) is 0 Å². The molecule has 1 aromatic carbocycles. The van der Waals surface area contributed by atoms with E-state index in [1.54, 1.807) is 6.92 Å². The molecule has 0 fully saturated rings. The summed E-state index contributed by atoms with van der Waals surface area (Å²) in [6.45, 7) is 4.00. The first-order chi connectivity index (χ1) is 8.61. The molecule has 0 spiro atoms. The van der Waals surface area contributed by atoms with Gasteiger partial charge in [0.2, 0.25) is 5.91 Å². The molecule has 1 heterocycles. The Balaban J connectivity index is 2.21. The maximum atomic E-state index is 11.8. The fourth-order valence-corrected chi connectivity index (χ4v) is 2.07. The highest BCUT2D eigenvalue weighted by atomic mass is 16.3.